The molecule has 1 aromatic rings. The minimum atomic E-state index is -0.0262. The third-order valence-electron chi connectivity index (χ3n) is 2.83. The maximum atomic E-state index is 9.31. The van der Waals surface area contributed by atoms with Crippen LogP contribution in [0.2, 0.25) is 0 Å². The first kappa shape index (κ1) is 8.42. The first-order valence-electron chi connectivity index (χ1n) is 4.79. The van der Waals surface area contributed by atoms with E-state index in [-0.39, 0.29) is 11.5 Å². The number of phenols is 2. The summed E-state index contributed by atoms with van der Waals surface area (Å²) in [6.45, 7) is 0. The number of phenolic OH excluding ortho intramolecular Hbond substituents is 2. The molecule has 1 aliphatic rings. The van der Waals surface area contributed by atoms with Gasteiger partial charge in [-0.2, -0.15) is 0 Å². The van der Waals surface area contributed by atoms with E-state index in [1.54, 1.807) is 12.1 Å². The summed E-state index contributed by atoms with van der Waals surface area (Å²) in [6.07, 6.45) is 4.99. The molecule has 0 heterocycles. The van der Waals surface area contributed by atoms with Gasteiger partial charge in [-0.3, -0.25) is 0 Å². The predicted octanol–water partition coefficient (Wildman–Crippen LogP) is 2.76. The van der Waals surface area contributed by atoms with Gasteiger partial charge < -0.3 is 10.2 Å². The maximum Gasteiger partial charge on any atom is 0.157 e. The van der Waals surface area contributed by atoms with Crippen LogP contribution in [0.15, 0.2) is 18.2 Å². The molecular formula is C11H14O2. The third-order valence-corrected chi connectivity index (χ3v) is 2.83. The van der Waals surface area contributed by atoms with E-state index in [1.807, 2.05) is 6.07 Å². The number of hydrogen-bond donors (Lipinski definition) is 2. The Morgan fingerprint density at radius 3 is 2.31 bits per heavy atom. The zero-order chi connectivity index (χ0) is 9.26. The second-order valence-electron chi connectivity index (χ2n) is 3.73. The van der Waals surface area contributed by atoms with Crippen LogP contribution >= 0.6 is 0 Å². The molecule has 0 aliphatic heterocycles. The maximum absolute atomic E-state index is 9.31. The quantitative estimate of drug-likeness (QED) is 0.649. The molecular weight excluding hydrogens is 164 g/mol. The van der Waals surface area contributed by atoms with Crippen LogP contribution in [0.4, 0.5) is 0 Å². The Hall–Kier alpha value is -1.18. The summed E-state index contributed by atoms with van der Waals surface area (Å²) in [7, 11) is 0. The number of rotatable bonds is 1. The summed E-state index contributed by atoms with van der Waals surface area (Å²) >= 11 is 0. The van der Waals surface area contributed by atoms with Crippen molar-refractivity contribution in [3.63, 3.8) is 0 Å². The minimum absolute atomic E-state index is 0.00407. The van der Waals surface area contributed by atoms with Crippen molar-refractivity contribution in [2.45, 2.75) is 31.6 Å². The zero-order valence-corrected chi connectivity index (χ0v) is 7.53. The lowest BCUT2D eigenvalue weighted by atomic mass is 9.97. The van der Waals surface area contributed by atoms with Gasteiger partial charge in [-0.1, -0.05) is 18.9 Å². The molecule has 0 atom stereocenters. The summed E-state index contributed by atoms with van der Waals surface area (Å²) in [5, 5.41) is 18.4. The van der Waals surface area contributed by atoms with Gasteiger partial charge in [0.15, 0.2) is 11.5 Å². The summed E-state index contributed by atoms with van der Waals surface area (Å²) in [5.74, 6) is 0.567. The van der Waals surface area contributed by atoms with Crippen LogP contribution in [0.3, 0.4) is 0 Å². The van der Waals surface area contributed by atoms with Gasteiger partial charge in [0.1, 0.15) is 0 Å². The molecule has 2 N–H and O–H groups in total. The van der Waals surface area contributed by atoms with Crippen LogP contribution in [-0.4, -0.2) is 10.2 Å². The highest BCUT2D eigenvalue weighted by Gasteiger charge is 2.17. The van der Waals surface area contributed by atoms with Crippen molar-refractivity contribution in [3.05, 3.63) is 23.8 Å². The van der Waals surface area contributed by atoms with E-state index in [2.05, 4.69) is 0 Å². The molecule has 0 unspecified atom stereocenters. The van der Waals surface area contributed by atoms with Gasteiger partial charge in [-0.05, 0) is 36.5 Å². The van der Waals surface area contributed by atoms with Gasteiger partial charge in [-0.25, -0.2) is 0 Å². The van der Waals surface area contributed by atoms with E-state index in [0.29, 0.717) is 5.92 Å². The van der Waals surface area contributed by atoms with Crippen molar-refractivity contribution in [1.82, 2.24) is 0 Å². The molecule has 1 saturated carbocycles. The molecule has 0 saturated heterocycles. The summed E-state index contributed by atoms with van der Waals surface area (Å²) < 4.78 is 0. The Kier molecular flexibility index (Phi) is 2.13. The molecule has 1 aliphatic carbocycles. The average Bonchev–Trinajstić information content (AvgIpc) is 2.62. The zero-order valence-electron chi connectivity index (χ0n) is 7.53. The van der Waals surface area contributed by atoms with Crippen molar-refractivity contribution in [2.24, 2.45) is 0 Å². The Labute approximate surface area is 77.8 Å². The van der Waals surface area contributed by atoms with Crippen molar-refractivity contribution in [1.29, 1.82) is 0 Å². The van der Waals surface area contributed by atoms with E-state index >= 15 is 0 Å². The number of benzene rings is 1. The Balaban J connectivity index is 2.25. The normalized spacial score (nSPS) is 17.8. The lowest BCUT2D eigenvalue weighted by Gasteiger charge is -2.09. The SMILES string of the molecule is Oc1ccc(C2CCCC2)cc1O. The standard InChI is InChI=1S/C11H14O2/c12-10-6-5-9(7-11(10)13)8-3-1-2-4-8/h5-8,12-13H,1-4H2. The van der Waals surface area contributed by atoms with Crippen LogP contribution in [0.25, 0.3) is 0 Å². The molecule has 0 aromatic heterocycles. The van der Waals surface area contributed by atoms with Crippen LogP contribution in [0, 0.1) is 0 Å². The first-order valence-corrected chi connectivity index (χ1v) is 4.79. The molecule has 0 bridgehead atoms. The first-order chi connectivity index (χ1) is 6.27. The second-order valence-corrected chi connectivity index (χ2v) is 3.73. The van der Waals surface area contributed by atoms with Crippen LogP contribution < -0.4 is 0 Å². The van der Waals surface area contributed by atoms with E-state index in [1.165, 1.54) is 25.7 Å². The van der Waals surface area contributed by atoms with E-state index in [0.717, 1.165) is 5.56 Å². The number of aromatic hydroxyl groups is 2. The fraction of sp³-hybridized carbons (Fsp3) is 0.455. The molecule has 0 spiro atoms. The van der Waals surface area contributed by atoms with Gasteiger partial charge in [0.25, 0.3) is 0 Å². The fourth-order valence-corrected chi connectivity index (χ4v) is 2.05. The Bertz CT molecular complexity index is 301. The Morgan fingerprint density at radius 2 is 1.69 bits per heavy atom. The highest BCUT2D eigenvalue weighted by atomic mass is 16.3. The molecule has 1 aromatic carbocycles. The molecule has 2 rings (SSSR count). The van der Waals surface area contributed by atoms with Crippen LogP contribution in [0.1, 0.15) is 37.2 Å². The van der Waals surface area contributed by atoms with Crippen molar-refractivity contribution < 1.29 is 10.2 Å². The Morgan fingerprint density at radius 1 is 1.00 bits per heavy atom. The molecule has 13 heavy (non-hydrogen) atoms. The van der Waals surface area contributed by atoms with Crippen molar-refractivity contribution in [2.75, 3.05) is 0 Å². The second kappa shape index (κ2) is 3.29. The topological polar surface area (TPSA) is 40.5 Å². The van der Waals surface area contributed by atoms with Gasteiger partial charge in [-0.15, -0.1) is 0 Å². The minimum Gasteiger partial charge on any atom is -0.504 e. The molecule has 1 fully saturated rings. The summed E-state index contributed by atoms with van der Waals surface area (Å²) in [4.78, 5) is 0. The van der Waals surface area contributed by atoms with Gasteiger partial charge >= 0.3 is 0 Å². The fourth-order valence-electron chi connectivity index (χ4n) is 2.05. The number of hydrogen-bond acceptors (Lipinski definition) is 2. The molecule has 0 radical (unpaired) electrons. The van der Waals surface area contributed by atoms with Gasteiger partial charge in [0.2, 0.25) is 0 Å². The van der Waals surface area contributed by atoms with Gasteiger partial charge in [0, 0.05) is 0 Å². The van der Waals surface area contributed by atoms with E-state index in [4.69, 9.17) is 5.11 Å². The van der Waals surface area contributed by atoms with E-state index in [9.17, 15) is 5.11 Å². The van der Waals surface area contributed by atoms with Crippen LogP contribution in [0.5, 0.6) is 11.5 Å². The third kappa shape index (κ3) is 1.62. The summed E-state index contributed by atoms with van der Waals surface area (Å²) in [5.41, 5.74) is 1.16. The van der Waals surface area contributed by atoms with Crippen LogP contribution in [-0.2, 0) is 0 Å². The molecule has 0 amide bonds. The average molecular weight is 178 g/mol. The smallest absolute Gasteiger partial charge is 0.157 e. The summed E-state index contributed by atoms with van der Waals surface area (Å²) in [6, 6.07) is 5.17. The largest absolute Gasteiger partial charge is 0.504 e. The monoisotopic (exact) mass is 178 g/mol. The molecule has 2 heteroatoms. The van der Waals surface area contributed by atoms with Gasteiger partial charge in [0.05, 0.1) is 0 Å². The lowest BCUT2D eigenvalue weighted by molar-refractivity contribution is 0.402. The predicted molar refractivity (Wildman–Crippen MR) is 51.0 cm³/mol. The van der Waals surface area contributed by atoms with E-state index < -0.39 is 0 Å². The van der Waals surface area contributed by atoms with Crippen molar-refractivity contribution in [3.8, 4) is 11.5 Å². The lowest BCUT2D eigenvalue weighted by Crippen LogP contribution is -1.90. The highest BCUT2D eigenvalue weighted by molar-refractivity contribution is 5.41. The van der Waals surface area contributed by atoms with Crippen molar-refractivity contribution >= 4 is 0 Å². The molecule has 2 nitrogen and oxygen atoms in total. The molecule has 70 valence electrons. The highest BCUT2D eigenvalue weighted by Crippen LogP contribution is 2.37.